The van der Waals surface area contributed by atoms with Gasteiger partial charge in [-0.15, -0.1) is 6.42 Å². The Morgan fingerprint density at radius 3 is 2.86 bits per heavy atom. The van der Waals surface area contributed by atoms with E-state index in [0.717, 1.165) is 5.56 Å². The zero-order valence-corrected chi connectivity index (χ0v) is 8.88. The second-order valence-electron chi connectivity index (χ2n) is 3.03. The summed E-state index contributed by atoms with van der Waals surface area (Å²) in [6, 6.07) is 0. The van der Waals surface area contributed by atoms with E-state index in [1.54, 1.807) is 0 Å². The highest BCUT2D eigenvalue weighted by atomic mass is 35.5. The van der Waals surface area contributed by atoms with Crippen molar-refractivity contribution in [3.05, 3.63) is 17.0 Å². The van der Waals surface area contributed by atoms with Crippen molar-refractivity contribution < 1.29 is 4.74 Å². The second-order valence-corrected chi connectivity index (χ2v) is 3.39. The second kappa shape index (κ2) is 4.83. The van der Waals surface area contributed by atoms with Crippen LogP contribution in [-0.4, -0.2) is 16.6 Å². The molecule has 0 radical (unpaired) electrons. The Morgan fingerprint density at radius 2 is 2.29 bits per heavy atom. The highest BCUT2D eigenvalue weighted by molar-refractivity contribution is 6.30. The molecule has 0 N–H and O–H groups in total. The van der Waals surface area contributed by atoms with E-state index in [1.165, 1.54) is 6.33 Å². The molecular weight excluding hydrogens is 200 g/mol. The summed E-state index contributed by atoms with van der Waals surface area (Å²) in [7, 11) is 0. The van der Waals surface area contributed by atoms with Crippen LogP contribution >= 0.6 is 11.6 Å². The summed E-state index contributed by atoms with van der Waals surface area (Å²) < 4.78 is 5.26. The molecule has 0 aromatic carbocycles. The van der Waals surface area contributed by atoms with Crippen LogP contribution in [-0.2, 0) is 0 Å². The van der Waals surface area contributed by atoms with Crippen LogP contribution in [0.15, 0.2) is 6.33 Å². The van der Waals surface area contributed by atoms with E-state index < -0.39 is 0 Å². The minimum atomic E-state index is 0.188. The number of aromatic nitrogens is 2. The van der Waals surface area contributed by atoms with Crippen LogP contribution in [0.25, 0.3) is 0 Å². The summed E-state index contributed by atoms with van der Waals surface area (Å²) in [6.45, 7) is 4.17. The minimum absolute atomic E-state index is 0.188. The van der Waals surface area contributed by atoms with Gasteiger partial charge in [0.05, 0.1) is 5.56 Å². The molecule has 1 aromatic heterocycles. The molecule has 0 spiro atoms. The molecule has 0 unspecified atom stereocenters. The predicted octanol–water partition coefficient (Wildman–Crippen LogP) is 2.27. The summed E-state index contributed by atoms with van der Waals surface area (Å²) in [5.74, 6) is 3.05. The number of halogens is 1. The van der Waals surface area contributed by atoms with Gasteiger partial charge in [-0.05, 0) is 5.92 Å². The van der Waals surface area contributed by atoms with Crippen LogP contribution < -0.4 is 4.74 Å². The Labute approximate surface area is 88.5 Å². The molecule has 0 saturated heterocycles. The Morgan fingerprint density at radius 1 is 1.57 bits per heavy atom. The quantitative estimate of drug-likeness (QED) is 0.567. The highest BCUT2D eigenvalue weighted by Gasteiger charge is 2.14. The number of nitrogens with zero attached hydrogens (tertiary/aromatic N) is 2. The van der Waals surface area contributed by atoms with E-state index >= 15 is 0 Å². The Kier molecular flexibility index (Phi) is 3.73. The standard InChI is InChI=1S/C10H11ClN2O/c1-4-5-14-10-8(7(2)3)9(11)12-6-13-10/h1,6-7H,5H2,2-3H3. The molecule has 1 rings (SSSR count). The third kappa shape index (κ3) is 2.36. The van der Waals surface area contributed by atoms with Gasteiger partial charge in [0.2, 0.25) is 5.88 Å². The number of terminal acetylenes is 1. The maximum atomic E-state index is 5.92. The Bertz CT molecular complexity index is 358. The molecule has 0 bridgehead atoms. The van der Waals surface area contributed by atoms with Crippen molar-refractivity contribution in [1.29, 1.82) is 0 Å². The van der Waals surface area contributed by atoms with Gasteiger partial charge in [-0.3, -0.25) is 0 Å². The molecule has 0 amide bonds. The van der Waals surface area contributed by atoms with E-state index in [-0.39, 0.29) is 12.5 Å². The first kappa shape index (κ1) is 10.8. The molecule has 74 valence electrons. The van der Waals surface area contributed by atoms with E-state index in [1.807, 2.05) is 13.8 Å². The lowest BCUT2D eigenvalue weighted by Crippen LogP contribution is -2.03. The third-order valence-corrected chi connectivity index (χ3v) is 1.97. The summed E-state index contributed by atoms with van der Waals surface area (Å²) in [5.41, 5.74) is 0.796. The van der Waals surface area contributed by atoms with Gasteiger partial charge >= 0.3 is 0 Å². The van der Waals surface area contributed by atoms with Crippen LogP contribution in [0.3, 0.4) is 0 Å². The van der Waals surface area contributed by atoms with Crippen LogP contribution in [0.4, 0.5) is 0 Å². The number of hydrogen-bond donors (Lipinski definition) is 0. The van der Waals surface area contributed by atoms with E-state index in [2.05, 4.69) is 15.9 Å². The summed E-state index contributed by atoms with van der Waals surface area (Å²) in [6.07, 6.45) is 6.45. The average molecular weight is 211 g/mol. The zero-order valence-electron chi connectivity index (χ0n) is 8.12. The normalized spacial score (nSPS) is 9.93. The lowest BCUT2D eigenvalue weighted by molar-refractivity contribution is 0.348. The van der Waals surface area contributed by atoms with Gasteiger partial charge in [0.25, 0.3) is 0 Å². The molecule has 4 heteroatoms. The average Bonchev–Trinajstić information content (AvgIpc) is 2.14. The van der Waals surface area contributed by atoms with Crippen molar-refractivity contribution in [3.63, 3.8) is 0 Å². The van der Waals surface area contributed by atoms with E-state index in [0.29, 0.717) is 11.0 Å². The summed E-state index contributed by atoms with van der Waals surface area (Å²) in [5, 5.41) is 0.419. The fourth-order valence-corrected chi connectivity index (χ4v) is 1.41. The molecule has 1 aromatic rings. The molecule has 0 aliphatic heterocycles. The Hall–Kier alpha value is -1.27. The van der Waals surface area contributed by atoms with Crippen molar-refractivity contribution in [2.24, 2.45) is 0 Å². The third-order valence-electron chi connectivity index (χ3n) is 1.67. The van der Waals surface area contributed by atoms with Crippen molar-refractivity contribution in [1.82, 2.24) is 9.97 Å². The van der Waals surface area contributed by atoms with Crippen molar-refractivity contribution >= 4 is 11.6 Å². The molecule has 1 heterocycles. The molecule has 0 fully saturated rings. The van der Waals surface area contributed by atoms with E-state index in [4.69, 9.17) is 22.8 Å². The molecule has 3 nitrogen and oxygen atoms in total. The minimum Gasteiger partial charge on any atom is -0.464 e. The largest absolute Gasteiger partial charge is 0.464 e. The monoisotopic (exact) mass is 210 g/mol. The zero-order chi connectivity index (χ0) is 10.6. The fourth-order valence-electron chi connectivity index (χ4n) is 1.07. The maximum Gasteiger partial charge on any atom is 0.222 e. The van der Waals surface area contributed by atoms with Gasteiger partial charge in [-0.2, -0.15) is 0 Å². The van der Waals surface area contributed by atoms with Crippen LogP contribution in [0, 0.1) is 12.3 Å². The molecule has 14 heavy (non-hydrogen) atoms. The summed E-state index contributed by atoms with van der Waals surface area (Å²) in [4.78, 5) is 7.88. The van der Waals surface area contributed by atoms with Crippen LogP contribution in [0.2, 0.25) is 5.15 Å². The smallest absolute Gasteiger partial charge is 0.222 e. The first-order valence-electron chi connectivity index (χ1n) is 4.23. The lowest BCUT2D eigenvalue weighted by Gasteiger charge is -2.11. The molecule has 0 saturated carbocycles. The summed E-state index contributed by atoms with van der Waals surface area (Å²) >= 11 is 5.92. The highest BCUT2D eigenvalue weighted by Crippen LogP contribution is 2.29. The topological polar surface area (TPSA) is 35.0 Å². The van der Waals surface area contributed by atoms with Gasteiger partial charge in [0.15, 0.2) is 6.61 Å². The number of hydrogen-bond acceptors (Lipinski definition) is 3. The molecule has 0 atom stereocenters. The van der Waals surface area contributed by atoms with Gasteiger partial charge in [0, 0.05) is 0 Å². The fraction of sp³-hybridized carbons (Fsp3) is 0.400. The molecule has 0 aliphatic rings. The van der Waals surface area contributed by atoms with Crippen molar-refractivity contribution in [2.75, 3.05) is 6.61 Å². The van der Waals surface area contributed by atoms with Crippen LogP contribution in [0.5, 0.6) is 5.88 Å². The first-order chi connectivity index (χ1) is 6.66. The van der Waals surface area contributed by atoms with Gasteiger partial charge in [0.1, 0.15) is 11.5 Å². The van der Waals surface area contributed by atoms with E-state index in [9.17, 15) is 0 Å². The number of ether oxygens (including phenoxy) is 1. The van der Waals surface area contributed by atoms with Crippen LogP contribution in [0.1, 0.15) is 25.3 Å². The molecular formula is C10H11ClN2O. The van der Waals surface area contributed by atoms with Crippen molar-refractivity contribution in [2.45, 2.75) is 19.8 Å². The maximum absolute atomic E-state index is 5.92. The van der Waals surface area contributed by atoms with Gasteiger partial charge in [-0.1, -0.05) is 31.4 Å². The molecule has 0 aliphatic carbocycles. The Balaban J connectivity index is 3.03. The number of rotatable bonds is 3. The first-order valence-corrected chi connectivity index (χ1v) is 4.61. The predicted molar refractivity (Wildman–Crippen MR) is 55.5 cm³/mol. The van der Waals surface area contributed by atoms with Crippen molar-refractivity contribution in [3.8, 4) is 18.2 Å². The van der Waals surface area contributed by atoms with Gasteiger partial charge < -0.3 is 4.74 Å². The van der Waals surface area contributed by atoms with Gasteiger partial charge in [-0.25, -0.2) is 9.97 Å². The SMILES string of the molecule is C#CCOc1ncnc(Cl)c1C(C)C. The lowest BCUT2D eigenvalue weighted by atomic mass is 10.1.